The Morgan fingerprint density at radius 2 is 1.84 bits per heavy atom. The minimum absolute atomic E-state index is 0.00308. The molecule has 11 nitrogen and oxygen atoms in total. The average molecular weight is 522 g/mol. The Hall–Kier alpha value is -5.37. The first-order chi connectivity index (χ1) is 18.0. The van der Waals surface area contributed by atoms with Gasteiger partial charge in [-0.2, -0.15) is 28.7 Å². The van der Waals surface area contributed by atoms with Crippen LogP contribution in [0.5, 0.6) is 0 Å². The van der Waals surface area contributed by atoms with Crippen molar-refractivity contribution in [3.05, 3.63) is 76.5 Å². The predicted octanol–water partition coefficient (Wildman–Crippen LogP) is 3.91. The Bertz CT molecular complexity index is 1530. The van der Waals surface area contributed by atoms with Crippen LogP contribution in [0, 0.1) is 22.7 Å². The molecule has 0 unspecified atom stereocenters. The molecule has 192 valence electrons. The maximum absolute atomic E-state index is 13.5. The Balaban J connectivity index is 1.87. The third-order valence-electron chi connectivity index (χ3n) is 5.62. The van der Waals surface area contributed by atoms with E-state index in [1.807, 2.05) is 11.4 Å². The van der Waals surface area contributed by atoms with Crippen molar-refractivity contribution >= 4 is 29.6 Å². The number of amides is 2. The smallest absolute Gasteiger partial charge is 0.416 e. The van der Waals surface area contributed by atoms with Gasteiger partial charge in [0, 0.05) is 11.4 Å². The van der Waals surface area contributed by atoms with Crippen LogP contribution in [0.4, 0.5) is 35.5 Å². The van der Waals surface area contributed by atoms with E-state index in [9.17, 15) is 28.0 Å². The van der Waals surface area contributed by atoms with Crippen molar-refractivity contribution in [2.75, 3.05) is 16.8 Å². The normalized spacial score (nSPS) is 14.8. The Labute approximate surface area is 213 Å². The molecule has 0 fully saturated rings. The second kappa shape index (κ2) is 9.94. The maximum atomic E-state index is 13.5. The number of hydrogen-bond donors (Lipinski definition) is 3. The summed E-state index contributed by atoms with van der Waals surface area (Å²) in [5, 5.41) is 36.5. The lowest BCUT2D eigenvalue weighted by Gasteiger charge is -2.34. The molecule has 38 heavy (non-hydrogen) atoms. The molecule has 2 aromatic carbocycles. The standard InChI is InChI=1S/C24H17F3N8O3/c1-13-18(11-29)20(15-7-5-14(10-28)6-8-15)35-22(32-21(33-35)31-19(36)12-30-23(37)38)34(13)17-4-2-3-16(9-17)24(25,26)27/h2-9,20,30H,12H2,1H3,(H,37,38)(H,31,33,36)/t20-/m1/s1. The minimum atomic E-state index is -4.63. The molecule has 14 heteroatoms. The fourth-order valence-corrected chi connectivity index (χ4v) is 3.93. The number of hydrogen-bond acceptors (Lipinski definition) is 7. The van der Waals surface area contributed by atoms with Gasteiger partial charge in [0.05, 0.1) is 28.8 Å². The van der Waals surface area contributed by atoms with E-state index in [1.165, 1.54) is 33.8 Å². The molecule has 0 radical (unpaired) electrons. The molecule has 0 saturated heterocycles. The highest BCUT2D eigenvalue weighted by molar-refractivity contribution is 5.92. The number of allylic oxidation sites excluding steroid dienone is 2. The quantitative estimate of drug-likeness (QED) is 0.455. The molecule has 1 aliphatic heterocycles. The van der Waals surface area contributed by atoms with E-state index in [0.717, 1.165) is 12.1 Å². The number of carbonyl (C=O) groups is 2. The van der Waals surface area contributed by atoms with Crippen LogP contribution in [-0.4, -0.2) is 38.4 Å². The summed E-state index contributed by atoms with van der Waals surface area (Å²) in [4.78, 5) is 28.5. The number of carboxylic acid groups (broad SMARTS) is 1. The summed E-state index contributed by atoms with van der Waals surface area (Å²) in [6, 6.07) is 13.9. The number of fused-ring (bicyclic) bond motifs is 1. The molecule has 1 aromatic heterocycles. The summed E-state index contributed by atoms with van der Waals surface area (Å²) in [6.45, 7) is 0.943. The Morgan fingerprint density at radius 1 is 1.13 bits per heavy atom. The SMILES string of the molecule is CC1=C(C#N)[C@@H](c2ccc(C#N)cc2)n2nc(NC(=O)CNC(=O)O)nc2N1c1cccc(C(F)(F)F)c1. The number of aromatic nitrogens is 3. The molecular formula is C24H17F3N8O3. The van der Waals surface area contributed by atoms with Gasteiger partial charge in [-0.3, -0.25) is 15.0 Å². The Morgan fingerprint density at radius 3 is 2.45 bits per heavy atom. The molecule has 3 aromatic rings. The topological polar surface area (TPSA) is 160 Å². The number of carbonyl (C=O) groups excluding carboxylic acids is 1. The zero-order valence-electron chi connectivity index (χ0n) is 19.5. The van der Waals surface area contributed by atoms with E-state index in [-0.39, 0.29) is 28.9 Å². The van der Waals surface area contributed by atoms with Gasteiger partial charge in [0.25, 0.3) is 5.95 Å². The van der Waals surface area contributed by atoms with Crippen LogP contribution in [0.1, 0.15) is 29.7 Å². The molecule has 1 aliphatic rings. The van der Waals surface area contributed by atoms with Gasteiger partial charge in [-0.05, 0) is 42.8 Å². The summed E-state index contributed by atoms with van der Waals surface area (Å²) in [7, 11) is 0. The van der Waals surface area contributed by atoms with E-state index >= 15 is 0 Å². The number of alkyl halides is 3. The molecule has 0 bridgehead atoms. The monoisotopic (exact) mass is 522 g/mol. The van der Waals surface area contributed by atoms with Gasteiger partial charge < -0.3 is 10.4 Å². The number of rotatable bonds is 5. The van der Waals surface area contributed by atoms with Crippen LogP contribution < -0.4 is 15.5 Å². The van der Waals surface area contributed by atoms with Crippen molar-refractivity contribution in [2.24, 2.45) is 0 Å². The predicted molar refractivity (Wildman–Crippen MR) is 126 cm³/mol. The van der Waals surface area contributed by atoms with Crippen LogP contribution in [0.15, 0.2) is 59.8 Å². The zero-order chi connectivity index (χ0) is 27.6. The number of anilines is 3. The number of nitriles is 2. The fourth-order valence-electron chi connectivity index (χ4n) is 3.93. The zero-order valence-corrected chi connectivity index (χ0v) is 19.5. The largest absolute Gasteiger partial charge is 0.465 e. The van der Waals surface area contributed by atoms with E-state index in [1.54, 1.807) is 19.1 Å². The third-order valence-corrected chi connectivity index (χ3v) is 5.62. The van der Waals surface area contributed by atoms with Gasteiger partial charge in [0.1, 0.15) is 12.6 Å². The minimum Gasteiger partial charge on any atom is -0.465 e. The van der Waals surface area contributed by atoms with Crippen molar-refractivity contribution in [2.45, 2.75) is 19.1 Å². The highest BCUT2D eigenvalue weighted by Crippen LogP contribution is 2.43. The molecule has 0 spiro atoms. The van der Waals surface area contributed by atoms with Crippen molar-refractivity contribution in [3.8, 4) is 12.1 Å². The Kier molecular flexibility index (Phi) is 6.73. The molecule has 0 saturated carbocycles. The molecule has 2 amide bonds. The van der Waals surface area contributed by atoms with Crippen molar-refractivity contribution in [3.63, 3.8) is 0 Å². The molecular weight excluding hydrogens is 505 g/mol. The molecule has 4 rings (SSSR count). The molecule has 2 heterocycles. The van der Waals surface area contributed by atoms with E-state index in [0.29, 0.717) is 11.1 Å². The van der Waals surface area contributed by atoms with Crippen LogP contribution in [0.25, 0.3) is 0 Å². The first kappa shape index (κ1) is 25.7. The van der Waals surface area contributed by atoms with Crippen molar-refractivity contribution in [1.82, 2.24) is 20.1 Å². The lowest BCUT2D eigenvalue weighted by Crippen LogP contribution is -2.32. The van der Waals surface area contributed by atoms with E-state index in [2.05, 4.69) is 21.5 Å². The van der Waals surface area contributed by atoms with Crippen LogP contribution in [0.2, 0.25) is 0 Å². The van der Waals surface area contributed by atoms with E-state index < -0.39 is 36.3 Å². The summed E-state index contributed by atoms with van der Waals surface area (Å²) in [5.74, 6) is -1.06. The first-order valence-corrected chi connectivity index (χ1v) is 10.8. The third kappa shape index (κ3) is 4.96. The summed E-state index contributed by atoms with van der Waals surface area (Å²) < 4.78 is 41.6. The van der Waals surface area contributed by atoms with Gasteiger partial charge in [0.2, 0.25) is 11.9 Å². The van der Waals surface area contributed by atoms with E-state index in [4.69, 9.17) is 10.4 Å². The van der Waals surface area contributed by atoms with Gasteiger partial charge in [-0.25, -0.2) is 9.48 Å². The number of benzene rings is 2. The fraction of sp³-hybridized carbons (Fsp3) is 0.167. The highest BCUT2D eigenvalue weighted by Gasteiger charge is 2.37. The molecule has 0 aliphatic carbocycles. The van der Waals surface area contributed by atoms with Crippen LogP contribution in [-0.2, 0) is 11.0 Å². The summed E-state index contributed by atoms with van der Waals surface area (Å²) in [5.41, 5.74) is 0.422. The van der Waals surface area contributed by atoms with Gasteiger partial charge in [-0.15, -0.1) is 5.10 Å². The highest BCUT2D eigenvalue weighted by atomic mass is 19.4. The second-order valence-corrected chi connectivity index (χ2v) is 8.02. The van der Waals surface area contributed by atoms with Gasteiger partial charge in [0.15, 0.2) is 0 Å². The van der Waals surface area contributed by atoms with Crippen LogP contribution in [0.3, 0.4) is 0 Å². The average Bonchev–Trinajstić information content (AvgIpc) is 3.28. The number of nitrogens with zero attached hydrogens (tertiary/aromatic N) is 6. The lowest BCUT2D eigenvalue weighted by molar-refractivity contribution is -0.137. The van der Waals surface area contributed by atoms with Gasteiger partial charge in [-0.1, -0.05) is 18.2 Å². The van der Waals surface area contributed by atoms with Crippen LogP contribution >= 0.6 is 0 Å². The lowest BCUT2D eigenvalue weighted by atomic mass is 9.95. The molecule has 3 N–H and O–H groups in total. The summed E-state index contributed by atoms with van der Waals surface area (Å²) in [6.07, 6.45) is -6.05. The van der Waals surface area contributed by atoms with Gasteiger partial charge >= 0.3 is 12.3 Å². The number of halogens is 3. The molecule has 1 atom stereocenters. The summed E-state index contributed by atoms with van der Waals surface area (Å²) >= 11 is 0. The van der Waals surface area contributed by atoms with Crippen molar-refractivity contribution in [1.29, 1.82) is 10.5 Å². The van der Waals surface area contributed by atoms with Crippen molar-refractivity contribution < 1.29 is 27.9 Å². The number of nitrogens with one attached hydrogen (secondary N) is 2. The first-order valence-electron chi connectivity index (χ1n) is 10.8. The second-order valence-electron chi connectivity index (χ2n) is 8.02. The maximum Gasteiger partial charge on any atom is 0.416 e.